The number of benzene rings is 3. The van der Waals surface area contributed by atoms with E-state index in [4.69, 9.17) is 0 Å². The molecule has 1 amide bonds. The van der Waals surface area contributed by atoms with Crippen LogP contribution in [0.2, 0.25) is 0 Å². The van der Waals surface area contributed by atoms with Crippen LogP contribution < -0.4 is 5.32 Å². The predicted molar refractivity (Wildman–Crippen MR) is 128 cm³/mol. The average molecular weight is 501 g/mol. The molecule has 0 saturated carbocycles. The largest absolute Gasteiger partial charge is 0.325 e. The topological polar surface area (TPSA) is 66.5 Å². The first-order chi connectivity index (χ1) is 14.8. The zero-order valence-corrected chi connectivity index (χ0v) is 19.9. The summed E-state index contributed by atoms with van der Waals surface area (Å²) in [6.45, 7) is 3.82. The van der Waals surface area contributed by atoms with Gasteiger partial charge < -0.3 is 5.32 Å². The molecule has 0 unspecified atom stereocenters. The number of aryl methyl sites for hydroxylation is 2. The number of hydrogen-bond acceptors (Lipinski definition) is 3. The Morgan fingerprint density at radius 3 is 2.29 bits per heavy atom. The van der Waals surface area contributed by atoms with E-state index in [-0.39, 0.29) is 23.9 Å². The van der Waals surface area contributed by atoms with E-state index < -0.39 is 10.0 Å². The maximum atomic E-state index is 13.3. The molecule has 7 heteroatoms. The molecule has 1 N–H and O–H groups in total. The molecular weight excluding hydrogens is 476 g/mol. The summed E-state index contributed by atoms with van der Waals surface area (Å²) in [7, 11) is -3.84. The fourth-order valence-electron chi connectivity index (χ4n) is 3.24. The van der Waals surface area contributed by atoms with E-state index in [1.807, 2.05) is 62.4 Å². The number of carbonyl (C=O) groups excluding carboxylic acids is 1. The highest BCUT2D eigenvalue weighted by molar-refractivity contribution is 9.10. The normalized spacial score (nSPS) is 11.5. The molecule has 0 radical (unpaired) electrons. The first kappa shape index (κ1) is 23.2. The smallest absolute Gasteiger partial charge is 0.243 e. The summed E-state index contributed by atoms with van der Waals surface area (Å²) in [5.74, 6) is -0.374. The monoisotopic (exact) mass is 500 g/mol. The van der Waals surface area contributed by atoms with Gasteiger partial charge in [0.15, 0.2) is 0 Å². The van der Waals surface area contributed by atoms with E-state index >= 15 is 0 Å². The van der Waals surface area contributed by atoms with Crippen LogP contribution in [0.15, 0.2) is 82.2 Å². The fraction of sp³-hybridized carbons (Fsp3) is 0.208. The minimum absolute atomic E-state index is 0.156. The van der Waals surface area contributed by atoms with E-state index in [0.29, 0.717) is 12.1 Å². The van der Waals surface area contributed by atoms with Gasteiger partial charge >= 0.3 is 0 Å². The lowest BCUT2D eigenvalue weighted by atomic mass is 10.1. The van der Waals surface area contributed by atoms with Gasteiger partial charge in [-0.25, -0.2) is 8.42 Å². The zero-order chi connectivity index (χ0) is 22.4. The highest BCUT2D eigenvalue weighted by Crippen LogP contribution is 2.20. The van der Waals surface area contributed by atoms with Gasteiger partial charge in [0.2, 0.25) is 15.9 Å². The highest BCUT2D eigenvalue weighted by Gasteiger charge is 2.26. The van der Waals surface area contributed by atoms with Crippen LogP contribution in [-0.2, 0) is 21.2 Å². The minimum atomic E-state index is -3.84. The molecule has 0 aromatic heterocycles. The molecule has 0 atom stereocenters. The quantitative estimate of drug-likeness (QED) is 0.476. The van der Waals surface area contributed by atoms with Gasteiger partial charge in [0, 0.05) is 16.7 Å². The lowest BCUT2D eigenvalue weighted by Gasteiger charge is -2.22. The van der Waals surface area contributed by atoms with Gasteiger partial charge in [-0.1, -0.05) is 64.0 Å². The third kappa shape index (κ3) is 6.26. The molecule has 31 heavy (non-hydrogen) atoms. The lowest BCUT2D eigenvalue weighted by Crippen LogP contribution is -2.39. The molecule has 0 spiro atoms. The van der Waals surface area contributed by atoms with Crippen molar-refractivity contribution in [1.29, 1.82) is 0 Å². The van der Waals surface area contributed by atoms with E-state index in [0.717, 1.165) is 21.2 Å². The number of nitrogens with zero attached hydrogens (tertiary/aromatic N) is 1. The third-order valence-electron chi connectivity index (χ3n) is 4.92. The Labute approximate surface area is 192 Å². The Bertz CT molecular complexity index is 1150. The number of carbonyl (C=O) groups is 1. The van der Waals surface area contributed by atoms with Crippen molar-refractivity contribution in [2.45, 2.75) is 25.2 Å². The molecule has 0 aliphatic heterocycles. The van der Waals surface area contributed by atoms with E-state index in [1.165, 1.54) is 16.4 Å². The Kier molecular flexibility index (Phi) is 7.64. The van der Waals surface area contributed by atoms with E-state index in [2.05, 4.69) is 21.2 Å². The van der Waals surface area contributed by atoms with Crippen LogP contribution in [0.3, 0.4) is 0 Å². The Balaban J connectivity index is 1.82. The summed E-state index contributed by atoms with van der Waals surface area (Å²) in [4.78, 5) is 12.9. The Hall–Kier alpha value is -2.48. The molecule has 3 aromatic carbocycles. The number of halogens is 1. The van der Waals surface area contributed by atoms with Crippen molar-refractivity contribution in [3.8, 4) is 0 Å². The highest BCUT2D eigenvalue weighted by atomic mass is 79.9. The first-order valence-electron chi connectivity index (χ1n) is 9.92. The van der Waals surface area contributed by atoms with Gasteiger partial charge in [0.25, 0.3) is 0 Å². The van der Waals surface area contributed by atoms with E-state index in [9.17, 15) is 13.2 Å². The maximum Gasteiger partial charge on any atom is 0.243 e. The second-order valence-electron chi connectivity index (χ2n) is 7.39. The van der Waals surface area contributed by atoms with Crippen LogP contribution >= 0.6 is 15.9 Å². The van der Waals surface area contributed by atoms with Crippen LogP contribution in [-0.4, -0.2) is 31.7 Å². The molecule has 0 aliphatic rings. The molecule has 0 aliphatic carbocycles. The summed E-state index contributed by atoms with van der Waals surface area (Å²) in [6.07, 6.45) is 0.507. The van der Waals surface area contributed by atoms with E-state index in [1.54, 1.807) is 12.1 Å². The number of hydrogen-bond donors (Lipinski definition) is 1. The molecule has 0 fully saturated rings. The van der Waals surface area contributed by atoms with Gasteiger partial charge in [0.1, 0.15) is 0 Å². The molecule has 3 rings (SSSR count). The van der Waals surface area contributed by atoms with Gasteiger partial charge in [-0.2, -0.15) is 4.31 Å². The van der Waals surface area contributed by atoms with Gasteiger partial charge in [-0.05, 0) is 61.7 Å². The van der Waals surface area contributed by atoms with Crippen LogP contribution in [0.4, 0.5) is 5.69 Å². The minimum Gasteiger partial charge on any atom is -0.325 e. The zero-order valence-electron chi connectivity index (χ0n) is 17.5. The van der Waals surface area contributed by atoms with Gasteiger partial charge in [-0.3, -0.25) is 4.79 Å². The van der Waals surface area contributed by atoms with Crippen molar-refractivity contribution in [2.24, 2.45) is 0 Å². The van der Waals surface area contributed by atoms with Gasteiger partial charge in [-0.15, -0.1) is 0 Å². The van der Waals surface area contributed by atoms with Crippen molar-refractivity contribution in [3.05, 3.63) is 94.0 Å². The summed E-state index contributed by atoms with van der Waals surface area (Å²) >= 11 is 3.33. The molecule has 0 bridgehead atoms. The fourth-order valence-corrected chi connectivity index (χ4v) is 4.90. The molecule has 3 aromatic rings. The van der Waals surface area contributed by atoms with Crippen LogP contribution in [0.1, 0.15) is 16.7 Å². The molecule has 162 valence electrons. The first-order valence-corrected chi connectivity index (χ1v) is 12.2. The lowest BCUT2D eigenvalue weighted by molar-refractivity contribution is -0.116. The molecule has 0 heterocycles. The number of amides is 1. The standard InChI is InChI=1S/C24H25BrN2O3S/c1-18-8-13-23(19(2)16-18)26-24(28)17-27(15-14-20-6-4-3-5-7-20)31(29,30)22-11-9-21(25)10-12-22/h3-13,16H,14-15,17H2,1-2H3,(H,26,28). The summed E-state index contributed by atoms with van der Waals surface area (Å²) in [6, 6.07) is 21.8. The molecule has 0 saturated heterocycles. The van der Waals surface area contributed by atoms with Crippen molar-refractivity contribution >= 4 is 37.5 Å². The van der Waals surface area contributed by atoms with Crippen LogP contribution in [0, 0.1) is 13.8 Å². The number of nitrogens with one attached hydrogen (secondary N) is 1. The van der Waals surface area contributed by atoms with Crippen molar-refractivity contribution < 1.29 is 13.2 Å². The summed E-state index contributed by atoms with van der Waals surface area (Å²) in [5.41, 5.74) is 3.71. The third-order valence-corrected chi connectivity index (χ3v) is 7.31. The van der Waals surface area contributed by atoms with Crippen molar-refractivity contribution in [3.63, 3.8) is 0 Å². The predicted octanol–water partition coefficient (Wildman–Crippen LogP) is 4.94. The van der Waals surface area contributed by atoms with Crippen LogP contribution in [0.25, 0.3) is 0 Å². The summed E-state index contributed by atoms with van der Waals surface area (Å²) < 4.78 is 28.6. The average Bonchev–Trinajstić information content (AvgIpc) is 2.74. The number of anilines is 1. The number of rotatable bonds is 8. The second kappa shape index (κ2) is 10.2. The summed E-state index contributed by atoms with van der Waals surface area (Å²) in [5, 5.41) is 2.85. The Morgan fingerprint density at radius 1 is 0.968 bits per heavy atom. The Morgan fingerprint density at radius 2 is 1.65 bits per heavy atom. The van der Waals surface area contributed by atoms with Crippen molar-refractivity contribution in [2.75, 3.05) is 18.4 Å². The second-order valence-corrected chi connectivity index (χ2v) is 10.2. The van der Waals surface area contributed by atoms with Crippen molar-refractivity contribution in [1.82, 2.24) is 4.31 Å². The van der Waals surface area contributed by atoms with Gasteiger partial charge in [0.05, 0.1) is 11.4 Å². The number of sulfonamides is 1. The van der Waals surface area contributed by atoms with Crippen LogP contribution in [0.5, 0.6) is 0 Å². The maximum absolute atomic E-state index is 13.3. The molecule has 5 nitrogen and oxygen atoms in total. The SMILES string of the molecule is Cc1ccc(NC(=O)CN(CCc2ccccc2)S(=O)(=O)c2ccc(Br)cc2)c(C)c1. The molecular formula is C24H25BrN2O3S.